The summed E-state index contributed by atoms with van der Waals surface area (Å²) in [6, 6.07) is 15.8. The van der Waals surface area contributed by atoms with Gasteiger partial charge in [0.25, 0.3) is 0 Å². The molecule has 1 saturated heterocycles. The van der Waals surface area contributed by atoms with Crippen LogP contribution in [0, 0.1) is 19.7 Å². The number of rotatable bonds is 8. The molecule has 0 amide bonds. The van der Waals surface area contributed by atoms with E-state index in [1.165, 1.54) is 22.5 Å². The van der Waals surface area contributed by atoms with E-state index in [2.05, 4.69) is 24.2 Å². The molecular weight excluding hydrogens is 591 g/mol. The van der Waals surface area contributed by atoms with E-state index in [1.807, 2.05) is 13.0 Å². The number of hydrogen-bond donors (Lipinski definition) is 1. The van der Waals surface area contributed by atoms with Gasteiger partial charge >= 0.3 is 0 Å². The van der Waals surface area contributed by atoms with E-state index in [0.29, 0.717) is 48.0 Å². The van der Waals surface area contributed by atoms with Gasteiger partial charge in [-0.05, 0) is 110 Å². The number of allylic oxidation sites excluding steroid dienone is 1. The Balaban J connectivity index is 1.05. The van der Waals surface area contributed by atoms with E-state index >= 15 is 0 Å². The van der Waals surface area contributed by atoms with Crippen molar-refractivity contribution in [1.82, 2.24) is 14.1 Å². The second-order valence-electron chi connectivity index (χ2n) is 12.3. The van der Waals surface area contributed by atoms with Gasteiger partial charge in [0.15, 0.2) is 17.3 Å². The average Bonchev–Trinajstić information content (AvgIpc) is 3.72. The van der Waals surface area contributed by atoms with Gasteiger partial charge < -0.3 is 10.5 Å². The largest absolute Gasteiger partial charge is 0.454 e. The highest BCUT2D eigenvalue weighted by Gasteiger charge is 2.41. The number of aromatic nitrogens is 2. The van der Waals surface area contributed by atoms with Crippen LogP contribution in [-0.4, -0.2) is 46.6 Å². The maximum atomic E-state index is 14.1. The molecule has 2 heterocycles. The number of Topliss-reactive ketones (excluding diaryl/α,β-unsaturated/α-hetero) is 1. The molecule has 45 heavy (non-hydrogen) atoms. The summed E-state index contributed by atoms with van der Waals surface area (Å²) in [6.07, 6.45) is 7.12. The number of benzene rings is 3. The van der Waals surface area contributed by atoms with Crippen molar-refractivity contribution in [2.45, 2.75) is 57.1 Å². The first-order chi connectivity index (χ1) is 21.6. The lowest BCUT2D eigenvalue weighted by atomic mass is 9.85. The Morgan fingerprint density at radius 2 is 1.76 bits per heavy atom. The SMILES string of the molecule is Cc1cc2c(cc1C1CCN(S(=O)(=O)C3CC3)CC1)CC(C(=O)c1cnn(-c3ccc(Oc4ccccc4F)cc3C)c1N)=C2. The van der Waals surface area contributed by atoms with Crippen molar-refractivity contribution >= 4 is 27.7 Å². The fraction of sp³-hybridized carbons (Fsp3) is 0.314. The number of halogens is 1. The lowest BCUT2D eigenvalue weighted by molar-refractivity contribution is 0.103. The van der Waals surface area contributed by atoms with E-state index < -0.39 is 15.8 Å². The van der Waals surface area contributed by atoms with Gasteiger partial charge in [0, 0.05) is 25.1 Å². The third-order valence-corrected chi connectivity index (χ3v) is 11.6. The van der Waals surface area contributed by atoms with Crippen molar-refractivity contribution in [3.63, 3.8) is 0 Å². The van der Waals surface area contributed by atoms with Crippen LogP contribution < -0.4 is 10.5 Å². The number of para-hydroxylation sites is 1. The van der Waals surface area contributed by atoms with Crippen LogP contribution in [-0.2, 0) is 16.4 Å². The van der Waals surface area contributed by atoms with Crippen molar-refractivity contribution in [2.75, 3.05) is 18.8 Å². The summed E-state index contributed by atoms with van der Waals surface area (Å²) in [5.41, 5.74) is 13.5. The van der Waals surface area contributed by atoms with E-state index in [9.17, 15) is 17.6 Å². The molecule has 10 heteroatoms. The maximum absolute atomic E-state index is 14.1. The summed E-state index contributed by atoms with van der Waals surface area (Å²) in [7, 11) is -3.14. The Morgan fingerprint density at radius 3 is 2.47 bits per heavy atom. The number of ketones is 1. The monoisotopic (exact) mass is 626 g/mol. The van der Waals surface area contributed by atoms with Crippen LogP contribution in [0.15, 0.2) is 66.4 Å². The molecule has 1 aromatic heterocycles. The van der Waals surface area contributed by atoms with Crippen LogP contribution in [0.25, 0.3) is 11.8 Å². The normalized spacial score (nSPS) is 17.3. The molecule has 2 N–H and O–H groups in total. The number of hydrogen-bond acceptors (Lipinski definition) is 6. The first-order valence-electron chi connectivity index (χ1n) is 15.3. The molecule has 0 unspecified atom stereocenters. The van der Waals surface area contributed by atoms with Gasteiger partial charge in [0.2, 0.25) is 10.0 Å². The number of nitrogens with zero attached hydrogens (tertiary/aromatic N) is 3. The number of anilines is 1. The third-order valence-electron chi connectivity index (χ3n) is 9.24. The molecule has 1 aliphatic heterocycles. The van der Waals surface area contributed by atoms with Crippen LogP contribution in [0.3, 0.4) is 0 Å². The quantitative estimate of drug-likeness (QED) is 0.224. The van der Waals surface area contributed by atoms with E-state index in [-0.39, 0.29) is 22.6 Å². The predicted octanol–water partition coefficient (Wildman–Crippen LogP) is 6.50. The van der Waals surface area contributed by atoms with Crippen LogP contribution in [0.2, 0.25) is 0 Å². The van der Waals surface area contributed by atoms with Crippen molar-refractivity contribution in [3.8, 4) is 17.2 Å². The molecule has 0 bridgehead atoms. The fourth-order valence-corrected chi connectivity index (χ4v) is 8.46. The van der Waals surface area contributed by atoms with Crippen molar-refractivity contribution in [1.29, 1.82) is 0 Å². The molecule has 2 aliphatic carbocycles. The minimum atomic E-state index is -3.14. The molecule has 0 atom stereocenters. The number of sulfonamides is 1. The first-order valence-corrected chi connectivity index (χ1v) is 16.8. The summed E-state index contributed by atoms with van der Waals surface area (Å²) < 4.78 is 48.4. The summed E-state index contributed by atoms with van der Waals surface area (Å²) >= 11 is 0. The van der Waals surface area contributed by atoms with Crippen LogP contribution in [0.5, 0.6) is 11.5 Å². The highest BCUT2D eigenvalue weighted by atomic mass is 32.2. The number of nitrogen functional groups attached to an aromatic ring is 1. The smallest absolute Gasteiger partial charge is 0.216 e. The maximum Gasteiger partial charge on any atom is 0.216 e. The number of nitrogens with two attached hydrogens (primary N) is 1. The molecule has 1 saturated carbocycles. The zero-order valence-electron chi connectivity index (χ0n) is 25.3. The molecule has 0 spiro atoms. The molecule has 232 valence electrons. The van der Waals surface area contributed by atoms with Gasteiger partial charge in [0.05, 0.1) is 22.7 Å². The van der Waals surface area contributed by atoms with Gasteiger partial charge in [-0.1, -0.05) is 24.3 Å². The number of fused-ring (bicyclic) bond motifs is 1. The van der Waals surface area contributed by atoms with Crippen LogP contribution in [0.1, 0.15) is 69.8 Å². The number of piperidine rings is 1. The second kappa shape index (κ2) is 11.3. The van der Waals surface area contributed by atoms with Crippen molar-refractivity contribution in [3.05, 3.63) is 106 Å². The third kappa shape index (κ3) is 5.46. The molecule has 0 radical (unpaired) electrons. The summed E-state index contributed by atoms with van der Waals surface area (Å²) in [5, 5.41) is 4.27. The molecule has 3 aromatic carbocycles. The Labute approximate surface area is 262 Å². The number of ether oxygens (including phenoxy) is 1. The second-order valence-corrected chi connectivity index (χ2v) is 14.5. The van der Waals surface area contributed by atoms with Gasteiger partial charge in [-0.2, -0.15) is 5.10 Å². The Bertz CT molecular complexity index is 1970. The molecule has 7 rings (SSSR count). The average molecular weight is 627 g/mol. The van der Waals surface area contributed by atoms with Gasteiger partial charge in [-0.3, -0.25) is 4.79 Å². The zero-order chi connectivity index (χ0) is 31.5. The highest BCUT2D eigenvalue weighted by molar-refractivity contribution is 7.90. The Kier molecular flexibility index (Phi) is 7.37. The predicted molar refractivity (Wildman–Crippen MR) is 172 cm³/mol. The van der Waals surface area contributed by atoms with Crippen LogP contribution >= 0.6 is 0 Å². The summed E-state index contributed by atoms with van der Waals surface area (Å²) in [5.74, 6) is 0.532. The molecule has 2 fully saturated rings. The number of aryl methyl sites for hydroxylation is 2. The van der Waals surface area contributed by atoms with Gasteiger partial charge in [-0.15, -0.1) is 0 Å². The lowest BCUT2D eigenvalue weighted by Gasteiger charge is -2.32. The number of carbonyl (C=O) groups excluding carboxylic acids is 1. The fourth-order valence-electron chi connectivity index (χ4n) is 6.59. The van der Waals surface area contributed by atoms with Crippen molar-refractivity contribution < 1.29 is 22.3 Å². The minimum absolute atomic E-state index is 0.133. The molecule has 8 nitrogen and oxygen atoms in total. The molecule has 3 aliphatic rings. The van der Waals surface area contributed by atoms with E-state index in [4.69, 9.17) is 10.5 Å². The summed E-state index contributed by atoms with van der Waals surface area (Å²) in [4.78, 5) is 13.7. The molecular formula is C35H35FN4O4S. The first kappa shape index (κ1) is 29.4. The lowest BCUT2D eigenvalue weighted by Crippen LogP contribution is -2.39. The Hall–Kier alpha value is -4.28. The highest BCUT2D eigenvalue weighted by Crippen LogP contribution is 2.39. The van der Waals surface area contributed by atoms with E-state index in [1.54, 1.807) is 40.7 Å². The van der Waals surface area contributed by atoms with Gasteiger partial charge in [0.1, 0.15) is 11.6 Å². The summed E-state index contributed by atoms with van der Waals surface area (Å²) in [6.45, 7) is 5.09. The Morgan fingerprint density at radius 1 is 1.00 bits per heavy atom. The van der Waals surface area contributed by atoms with Crippen molar-refractivity contribution in [2.24, 2.45) is 0 Å². The topological polar surface area (TPSA) is 108 Å². The minimum Gasteiger partial charge on any atom is -0.454 e. The standard InChI is InChI=1S/C35H35FN4O4S/c1-21-15-24-17-26(18-25(24)19-29(21)23-11-13-39(14-12-23)45(42,43)28-8-9-28)34(41)30-20-38-40(35(30)37)32-10-7-27(16-22(32)2)44-33-6-4-3-5-31(33)36/h3-7,10,15-17,19-20,23,28H,8-9,11-14,18,37H2,1-2H3. The number of carbonyl (C=O) groups is 1. The molecule has 4 aromatic rings. The zero-order valence-corrected chi connectivity index (χ0v) is 26.1. The van der Waals surface area contributed by atoms with E-state index in [0.717, 1.165) is 47.9 Å². The van der Waals surface area contributed by atoms with Gasteiger partial charge in [-0.25, -0.2) is 21.8 Å². The van der Waals surface area contributed by atoms with Crippen LogP contribution in [0.4, 0.5) is 10.2 Å².